The van der Waals surface area contributed by atoms with Gasteiger partial charge >= 0.3 is 6.03 Å². The monoisotopic (exact) mass is 360 g/mol. The molecule has 3 amide bonds. The molecule has 2 rings (SSSR count). The van der Waals surface area contributed by atoms with Gasteiger partial charge in [0.2, 0.25) is 0 Å². The van der Waals surface area contributed by atoms with Crippen LogP contribution in [0.25, 0.3) is 0 Å². The molecule has 1 aliphatic rings. The van der Waals surface area contributed by atoms with Gasteiger partial charge in [-0.25, -0.2) is 4.79 Å². The van der Waals surface area contributed by atoms with Crippen molar-refractivity contribution in [1.29, 1.82) is 0 Å². The third kappa shape index (κ3) is 5.93. The molecule has 0 radical (unpaired) electrons. The molecule has 0 spiro atoms. The van der Waals surface area contributed by atoms with Crippen LogP contribution in [-0.2, 0) is 0 Å². The average Bonchev–Trinajstić information content (AvgIpc) is 2.58. The van der Waals surface area contributed by atoms with Crippen LogP contribution in [-0.4, -0.2) is 56.1 Å². The van der Waals surface area contributed by atoms with E-state index in [0.717, 1.165) is 31.6 Å². The maximum Gasteiger partial charge on any atom is 0.317 e. The van der Waals surface area contributed by atoms with E-state index < -0.39 is 0 Å². The number of hydrogen-bond acceptors (Lipinski definition) is 3. The van der Waals surface area contributed by atoms with Gasteiger partial charge in [0.25, 0.3) is 5.91 Å². The molecule has 0 aliphatic carbocycles. The lowest BCUT2D eigenvalue weighted by molar-refractivity contribution is 0.0937. The minimum absolute atomic E-state index is 0.000450. The molecule has 0 unspecified atom stereocenters. The van der Waals surface area contributed by atoms with E-state index in [1.807, 2.05) is 68.9 Å². The van der Waals surface area contributed by atoms with E-state index in [4.69, 9.17) is 0 Å². The minimum Gasteiger partial charge on any atom is -0.378 e. The van der Waals surface area contributed by atoms with Crippen molar-refractivity contribution >= 4 is 17.6 Å². The van der Waals surface area contributed by atoms with Crippen molar-refractivity contribution < 1.29 is 9.59 Å². The van der Waals surface area contributed by atoms with E-state index in [0.29, 0.717) is 18.0 Å². The predicted octanol–water partition coefficient (Wildman–Crippen LogP) is 2.70. The summed E-state index contributed by atoms with van der Waals surface area (Å²) in [4.78, 5) is 28.4. The van der Waals surface area contributed by atoms with Gasteiger partial charge in [0.05, 0.1) is 0 Å². The van der Waals surface area contributed by atoms with Crippen molar-refractivity contribution in [3.8, 4) is 0 Å². The lowest BCUT2D eigenvalue weighted by Crippen LogP contribution is -2.51. The SMILES string of the molecule is CN(C)c1cccc(C(=O)NCC2CCN(C(=O)NC(C)(C)C)CC2)c1. The Morgan fingerprint density at radius 1 is 1.19 bits per heavy atom. The van der Waals surface area contributed by atoms with Gasteiger partial charge in [0.15, 0.2) is 0 Å². The van der Waals surface area contributed by atoms with Crippen LogP contribution in [0.4, 0.5) is 10.5 Å². The number of likely N-dealkylation sites (tertiary alicyclic amines) is 1. The first kappa shape index (κ1) is 20.1. The number of piperidine rings is 1. The summed E-state index contributed by atoms with van der Waals surface area (Å²) in [6.07, 6.45) is 1.82. The molecule has 6 nitrogen and oxygen atoms in total. The quantitative estimate of drug-likeness (QED) is 0.868. The van der Waals surface area contributed by atoms with Gasteiger partial charge in [-0.3, -0.25) is 4.79 Å². The maximum absolute atomic E-state index is 12.4. The van der Waals surface area contributed by atoms with Crippen LogP contribution in [0.1, 0.15) is 44.0 Å². The Morgan fingerprint density at radius 2 is 1.85 bits per heavy atom. The third-order valence-electron chi connectivity index (χ3n) is 4.56. The Balaban J connectivity index is 1.79. The highest BCUT2D eigenvalue weighted by molar-refractivity contribution is 5.95. The van der Waals surface area contributed by atoms with Crippen LogP contribution in [0.15, 0.2) is 24.3 Å². The Morgan fingerprint density at radius 3 is 2.42 bits per heavy atom. The lowest BCUT2D eigenvalue weighted by Gasteiger charge is -2.34. The summed E-state index contributed by atoms with van der Waals surface area (Å²) in [6.45, 7) is 8.08. The molecule has 1 aromatic carbocycles. The first-order valence-electron chi connectivity index (χ1n) is 9.28. The van der Waals surface area contributed by atoms with Crippen molar-refractivity contribution in [2.75, 3.05) is 38.6 Å². The van der Waals surface area contributed by atoms with Crippen LogP contribution in [0.2, 0.25) is 0 Å². The van der Waals surface area contributed by atoms with E-state index in [2.05, 4.69) is 10.6 Å². The number of anilines is 1. The molecular formula is C20H32N4O2. The molecule has 26 heavy (non-hydrogen) atoms. The average molecular weight is 361 g/mol. The second-order valence-corrected chi connectivity index (χ2v) is 8.27. The zero-order valence-electron chi connectivity index (χ0n) is 16.6. The number of benzene rings is 1. The molecule has 1 fully saturated rings. The molecule has 1 aliphatic heterocycles. The summed E-state index contributed by atoms with van der Waals surface area (Å²) < 4.78 is 0. The highest BCUT2D eigenvalue weighted by Crippen LogP contribution is 2.18. The molecular weight excluding hydrogens is 328 g/mol. The molecule has 0 saturated carbocycles. The number of nitrogens with zero attached hydrogens (tertiary/aromatic N) is 2. The van der Waals surface area contributed by atoms with Crippen LogP contribution >= 0.6 is 0 Å². The second-order valence-electron chi connectivity index (χ2n) is 8.27. The molecule has 0 aromatic heterocycles. The largest absolute Gasteiger partial charge is 0.378 e. The molecule has 1 aromatic rings. The molecule has 1 saturated heterocycles. The van der Waals surface area contributed by atoms with Crippen molar-refractivity contribution in [2.24, 2.45) is 5.92 Å². The summed E-state index contributed by atoms with van der Waals surface area (Å²) in [6, 6.07) is 7.61. The Bertz CT molecular complexity index is 629. The first-order valence-corrected chi connectivity index (χ1v) is 9.28. The van der Waals surface area contributed by atoms with Gasteiger partial charge in [-0.15, -0.1) is 0 Å². The van der Waals surface area contributed by atoms with E-state index in [-0.39, 0.29) is 17.5 Å². The predicted molar refractivity (Wildman–Crippen MR) is 106 cm³/mol. The molecule has 0 atom stereocenters. The second kappa shape index (κ2) is 8.43. The summed E-state index contributed by atoms with van der Waals surface area (Å²) in [5, 5.41) is 6.04. The van der Waals surface area contributed by atoms with Crippen molar-refractivity contribution in [3.05, 3.63) is 29.8 Å². The van der Waals surface area contributed by atoms with E-state index >= 15 is 0 Å². The Hall–Kier alpha value is -2.24. The standard InChI is InChI=1S/C20H32N4O2/c1-20(2,3)22-19(26)24-11-9-15(10-12-24)14-21-18(25)16-7-6-8-17(13-16)23(4)5/h6-8,13,15H,9-12,14H2,1-5H3,(H,21,25)(H,22,26). The highest BCUT2D eigenvalue weighted by atomic mass is 16.2. The minimum atomic E-state index is -0.219. The van der Waals surface area contributed by atoms with Gasteiger partial charge in [0.1, 0.15) is 0 Å². The van der Waals surface area contributed by atoms with Crippen molar-refractivity contribution in [3.63, 3.8) is 0 Å². The fourth-order valence-corrected chi connectivity index (χ4v) is 3.00. The molecule has 144 valence electrons. The molecule has 2 N–H and O–H groups in total. The topological polar surface area (TPSA) is 64.7 Å². The highest BCUT2D eigenvalue weighted by Gasteiger charge is 2.25. The summed E-state index contributed by atoms with van der Waals surface area (Å²) in [7, 11) is 3.92. The molecule has 6 heteroatoms. The smallest absolute Gasteiger partial charge is 0.317 e. The number of hydrogen-bond donors (Lipinski definition) is 2. The number of carbonyl (C=O) groups excluding carboxylic acids is 2. The third-order valence-corrected chi connectivity index (χ3v) is 4.56. The van der Waals surface area contributed by atoms with E-state index in [1.54, 1.807) is 0 Å². The van der Waals surface area contributed by atoms with Crippen molar-refractivity contribution in [1.82, 2.24) is 15.5 Å². The van der Waals surface area contributed by atoms with Gasteiger partial charge in [0, 0.05) is 50.5 Å². The number of rotatable bonds is 4. The summed E-state index contributed by atoms with van der Waals surface area (Å²) in [5.74, 6) is 0.372. The Labute approximate surface area is 156 Å². The number of nitrogens with one attached hydrogen (secondary N) is 2. The van der Waals surface area contributed by atoms with Gasteiger partial charge in [-0.1, -0.05) is 6.07 Å². The summed E-state index contributed by atoms with van der Waals surface area (Å²) >= 11 is 0. The molecule has 1 heterocycles. The maximum atomic E-state index is 12.4. The first-order chi connectivity index (χ1) is 12.2. The zero-order valence-corrected chi connectivity index (χ0v) is 16.6. The van der Waals surface area contributed by atoms with E-state index in [1.165, 1.54) is 0 Å². The van der Waals surface area contributed by atoms with Crippen LogP contribution in [0.5, 0.6) is 0 Å². The summed E-state index contributed by atoms with van der Waals surface area (Å²) in [5.41, 5.74) is 1.47. The van der Waals surface area contributed by atoms with Crippen LogP contribution in [0.3, 0.4) is 0 Å². The zero-order chi connectivity index (χ0) is 19.3. The van der Waals surface area contributed by atoms with Crippen LogP contribution < -0.4 is 15.5 Å². The fraction of sp³-hybridized carbons (Fsp3) is 0.600. The fourth-order valence-electron chi connectivity index (χ4n) is 3.00. The number of carbonyl (C=O) groups is 2. The Kier molecular flexibility index (Phi) is 6.51. The molecule has 0 bridgehead atoms. The normalized spacial score (nSPS) is 15.5. The van der Waals surface area contributed by atoms with Gasteiger partial charge in [-0.05, 0) is 57.7 Å². The van der Waals surface area contributed by atoms with Crippen LogP contribution in [0, 0.1) is 5.92 Å². The van der Waals surface area contributed by atoms with Gasteiger partial charge in [-0.2, -0.15) is 0 Å². The van der Waals surface area contributed by atoms with E-state index in [9.17, 15) is 9.59 Å². The number of amides is 3. The number of urea groups is 1. The van der Waals surface area contributed by atoms with Crippen molar-refractivity contribution in [2.45, 2.75) is 39.2 Å². The van der Waals surface area contributed by atoms with Gasteiger partial charge < -0.3 is 20.4 Å². The lowest BCUT2D eigenvalue weighted by atomic mass is 9.96.